The normalized spacial score (nSPS) is 10.2. The van der Waals surface area contributed by atoms with Gasteiger partial charge < -0.3 is 30.7 Å². The molecule has 0 aromatic heterocycles. The molecular formula is C24H34N4O4. The van der Waals surface area contributed by atoms with E-state index in [1.165, 1.54) is 0 Å². The molecule has 0 fully saturated rings. The van der Waals surface area contributed by atoms with Crippen LogP contribution in [-0.2, 0) is 0 Å². The molecule has 0 atom stereocenters. The summed E-state index contributed by atoms with van der Waals surface area (Å²) in [6, 6.07) is 14.1. The molecule has 0 aliphatic heterocycles. The average molecular weight is 443 g/mol. The quantitative estimate of drug-likeness (QED) is 0.328. The third-order valence-electron chi connectivity index (χ3n) is 4.52. The van der Waals surface area contributed by atoms with Gasteiger partial charge in [0.05, 0.1) is 13.2 Å². The lowest BCUT2D eigenvalue weighted by Gasteiger charge is -2.09. The Morgan fingerprint density at radius 1 is 0.625 bits per heavy atom. The van der Waals surface area contributed by atoms with Gasteiger partial charge in [-0.25, -0.2) is 9.59 Å². The minimum Gasteiger partial charge on any atom is -0.494 e. The van der Waals surface area contributed by atoms with Gasteiger partial charge in [-0.15, -0.1) is 0 Å². The number of amides is 4. The zero-order chi connectivity index (χ0) is 23.0. The van der Waals surface area contributed by atoms with Crippen molar-refractivity contribution in [2.24, 2.45) is 0 Å². The number of anilines is 2. The lowest BCUT2D eigenvalue weighted by molar-refractivity contribution is 0.250. The van der Waals surface area contributed by atoms with E-state index in [0.29, 0.717) is 26.3 Å². The number of carbonyl (C=O) groups excluding carboxylic acids is 2. The van der Waals surface area contributed by atoms with E-state index in [9.17, 15) is 9.59 Å². The Hall–Kier alpha value is -3.42. The molecule has 0 bridgehead atoms. The maximum Gasteiger partial charge on any atom is 0.319 e. The van der Waals surface area contributed by atoms with Crippen LogP contribution in [-0.4, -0.2) is 38.4 Å². The van der Waals surface area contributed by atoms with Crippen molar-refractivity contribution < 1.29 is 19.1 Å². The van der Waals surface area contributed by atoms with Gasteiger partial charge in [-0.2, -0.15) is 0 Å². The Morgan fingerprint density at radius 3 is 1.34 bits per heavy atom. The van der Waals surface area contributed by atoms with Gasteiger partial charge in [-0.05, 0) is 75.2 Å². The average Bonchev–Trinajstić information content (AvgIpc) is 2.78. The zero-order valence-corrected chi connectivity index (χ0v) is 18.9. The van der Waals surface area contributed by atoms with E-state index in [1.54, 1.807) is 0 Å². The number of rotatable bonds is 13. The predicted octanol–water partition coefficient (Wildman–Crippen LogP) is 4.99. The molecule has 4 N–H and O–H groups in total. The van der Waals surface area contributed by atoms with E-state index >= 15 is 0 Å². The second-order valence-corrected chi connectivity index (χ2v) is 7.09. The van der Waals surface area contributed by atoms with Gasteiger partial charge in [-0.1, -0.05) is 12.8 Å². The summed E-state index contributed by atoms with van der Waals surface area (Å²) in [6.45, 7) is 6.29. The van der Waals surface area contributed by atoms with Crippen LogP contribution in [0, 0.1) is 0 Å². The van der Waals surface area contributed by atoms with Crippen LogP contribution in [0.3, 0.4) is 0 Å². The lowest BCUT2D eigenvalue weighted by Crippen LogP contribution is -2.30. The van der Waals surface area contributed by atoms with Gasteiger partial charge in [0.2, 0.25) is 0 Å². The molecule has 0 spiro atoms. The Labute approximate surface area is 190 Å². The van der Waals surface area contributed by atoms with E-state index in [4.69, 9.17) is 9.47 Å². The molecule has 2 rings (SSSR count). The third kappa shape index (κ3) is 10.1. The molecule has 4 amide bonds. The first-order valence-corrected chi connectivity index (χ1v) is 11.2. The number of unbranched alkanes of at least 4 members (excludes halogenated alkanes) is 3. The number of hydrogen-bond acceptors (Lipinski definition) is 4. The van der Waals surface area contributed by atoms with Crippen molar-refractivity contribution >= 4 is 23.4 Å². The Balaban J connectivity index is 1.47. The van der Waals surface area contributed by atoms with Gasteiger partial charge in [-0.3, -0.25) is 0 Å². The van der Waals surface area contributed by atoms with Crippen molar-refractivity contribution in [3.63, 3.8) is 0 Å². The molecule has 0 unspecified atom stereocenters. The maximum absolute atomic E-state index is 11.9. The third-order valence-corrected chi connectivity index (χ3v) is 4.52. The fourth-order valence-electron chi connectivity index (χ4n) is 2.96. The van der Waals surface area contributed by atoms with Crippen molar-refractivity contribution in [1.82, 2.24) is 10.6 Å². The van der Waals surface area contributed by atoms with Gasteiger partial charge in [0, 0.05) is 24.5 Å². The van der Waals surface area contributed by atoms with E-state index in [0.717, 1.165) is 48.6 Å². The summed E-state index contributed by atoms with van der Waals surface area (Å²) < 4.78 is 10.8. The summed E-state index contributed by atoms with van der Waals surface area (Å²) in [4.78, 5) is 23.8. The minimum absolute atomic E-state index is 0.221. The standard InChI is InChI=1S/C24H34N4O4/c1-3-31-21-13-9-19(10-14-21)27-23(29)25-17-7-5-6-8-18-26-24(30)28-20-11-15-22(16-12-20)32-4-2/h9-16H,3-8,17-18H2,1-2H3,(H2,25,27,29)(H2,26,28,30). The van der Waals surface area contributed by atoms with Crippen LogP contribution >= 0.6 is 0 Å². The van der Waals surface area contributed by atoms with E-state index in [2.05, 4.69) is 21.3 Å². The molecule has 2 aromatic rings. The van der Waals surface area contributed by atoms with Crippen molar-refractivity contribution in [2.45, 2.75) is 39.5 Å². The van der Waals surface area contributed by atoms with Crippen molar-refractivity contribution in [2.75, 3.05) is 36.9 Å². The topological polar surface area (TPSA) is 101 Å². The molecular weight excluding hydrogens is 408 g/mol. The predicted molar refractivity (Wildman–Crippen MR) is 128 cm³/mol. The zero-order valence-electron chi connectivity index (χ0n) is 18.9. The highest BCUT2D eigenvalue weighted by atomic mass is 16.5. The number of benzene rings is 2. The molecule has 8 heteroatoms. The number of hydrogen-bond donors (Lipinski definition) is 4. The van der Waals surface area contributed by atoms with Gasteiger partial charge in [0.25, 0.3) is 0 Å². The number of nitrogens with one attached hydrogen (secondary N) is 4. The van der Waals surface area contributed by atoms with Gasteiger partial charge >= 0.3 is 12.1 Å². The smallest absolute Gasteiger partial charge is 0.319 e. The summed E-state index contributed by atoms with van der Waals surface area (Å²) in [7, 11) is 0. The molecule has 174 valence electrons. The summed E-state index contributed by atoms with van der Waals surface area (Å²) >= 11 is 0. The van der Waals surface area contributed by atoms with E-state index < -0.39 is 0 Å². The molecule has 32 heavy (non-hydrogen) atoms. The second-order valence-electron chi connectivity index (χ2n) is 7.09. The second kappa shape index (κ2) is 14.6. The molecule has 0 aliphatic carbocycles. The molecule has 0 aliphatic rings. The summed E-state index contributed by atoms with van der Waals surface area (Å²) in [5.41, 5.74) is 1.45. The van der Waals surface area contributed by atoms with Crippen LogP contribution in [0.25, 0.3) is 0 Å². The Kier molecular flexibility index (Phi) is 11.3. The first-order chi connectivity index (χ1) is 15.6. The lowest BCUT2D eigenvalue weighted by atomic mass is 10.2. The molecule has 0 saturated heterocycles. The van der Waals surface area contributed by atoms with Crippen LogP contribution in [0.2, 0.25) is 0 Å². The summed E-state index contributed by atoms with van der Waals surface area (Å²) in [6.07, 6.45) is 3.72. The minimum atomic E-state index is -0.221. The number of urea groups is 2. The summed E-state index contributed by atoms with van der Waals surface area (Å²) in [5.74, 6) is 1.56. The largest absolute Gasteiger partial charge is 0.494 e. The van der Waals surface area contributed by atoms with E-state index in [1.807, 2.05) is 62.4 Å². The van der Waals surface area contributed by atoms with Gasteiger partial charge in [0.1, 0.15) is 11.5 Å². The molecule has 0 saturated carbocycles. The van der Waals surface area contributed by atoms with Crippen LogP contribution in [0.4, 0.5) is 21.0 Å². The first kappa shape index (κ1) is 24.8. The Bertz CT molecular complexity index is 740. The van der Waals surface area contributed by atoms with E-state index in [-0.39, 0.29) is 12.1 Å². The first-order valence-electron chi connectivity index (χ1n) is 11.2. The monoisotopic (exact) mass is 442 g/mol. The highest BCUT2D eigenvalue weighted by molar-refractivity contribution is 5.89. The fraction of sp³-hybridized carbons (Fsp3) is 0.417. The summed E-state index contributed by atoms with van der Waals surface area (Å²) in [5, 5.41) is 11.3. The van der Waals surface area contributed by atoms with Crippen molar-refractivity contribution in [3.8, 4) is 11.5 Å². The number of carbonyl (C=O) groups is 2. The molecule has 8 nitrogen and oxygen atoms in total. The molecule has 2 aromatic carbocycles. The number of ether oxygens (including phenoxy) is 2. The highest BCUT2D eigenvalue weighted by Crippen LogP contribution is 2.16. The fourth-order valence-corrected chi connectivity index (χ4v) is 2.96. The van der Waals surface area contributed by atoms with Crippen LogP contribution in [0.5, 0.6) is 11.5 Å². The van der Waals surface area contributed by atoms with Crippen LogP contribution < -0.4 is 30.7 Å². The van der Waals surface area contributed by atoms with Crippen LogP contribution in [0.1, 0.15) is 39.5 Å². The van der Waals surface area contributed by atoms with Crippen LogP contribution in [0.15, 0.2) is 48.5 Å². The highest BCUT2D eigenvalue weighted by Gasteiger charge is 2.03. The molecule has 0 radical (unpaired) electrons. The van der Waals surface area contributed by atoms with Crippen molar-refractivity contribution in [3.05, 3.63) is 48.5 Å². The Morgan fingerprint density at radius 2 is 1.00 bits per heavy atom. The molecule has 0 heterocycles. The SMILES string of the molecule is CCOc1ccc(NC(=O)NCCCCCCNC(=O)Nc2ccc(OCC)cc2)cc1. The maximum atomic E-state index is 11.9. The van der Waals surface area contributed by atoms with Crippen molar-refractivity contribution in [1.29, 1.82) is 0 Å². The van der Waals surface area contributed by atoms with Gasteiger partial charge in [0.15, 0.2) is 0 Å².